The molecule has 0 saturated heterocycles. The Labute approximate surface area is 196 Å². The van der Waals surface area contributed by atoms with Crippen LogP contribution in [0.25, 0.3) is 0 Å². The van der Waals surface area contributed by atoms with Crippen LogP contribution in [0.5, 0.6) is 0 Å². The zero-order valence-electron chi connectivity index (χ0n) is 18.3. The second kappa shape index (κ2) is 19.1. The third-order valence-electron chi connectivity index (χ3n) is 4.95. The summed E-state index contributed by atoms with van der Waals surface area (Å²) in [5.41, 5.74) is 0.776. The van der Waals surface area contributed by atoms with Gasteiger partial charge in [0.25, 0.3) is 10.1 Å². The summed E-state index contributed by atoms with van der Waals surface area (Å²) in [5, 5.41) is 0. The predicted octanol–water partition coefficient (Wildman–Crippen LogP) is 6.63. The van der Waals surface area contributed by atoms with Crippen molar-refractivity contribution >= 4 is 39.7 Å². The van der Waals surface area contributed by atoms with E-state index in [1.54, 1.807) is 0 Å². The normalized spacial score (nSPS) is 11.3. The van der Waals surface area contributed by atoms with Crippen LogP contribution in [0.2, 0.25) is 0 Å². The van der Waals surface area contributed by atoms with Gasteiger partial charge in [-0.05, 0) is 12.0 Å². The molecule has 0 fully saturated rings. The summed E-state index contributed by atoms with van der Waals surface area (Å²) in [7, 11) is -3.45. The van der Waals surface area contributed by atoms with Crippen LogP contribution in [0.1, 0.15) is 102 Å². The zero-order chi connectivity index (χ0) is 19.6. The van der Waals surface area contributed by atoms with Crippen molar-refractivity contribution in [2.75, 3.05) is 6.61 Å². The monoisotopic (exact) mass is 419 g/mol. The molecule has 0 unspecified atom stereocenters. The molecule has 0 aliphatic heterocycles. The number of hydrogen-bond acceptors (Lipinski definition) is 3. The minimum Gasteiger partial charge on any atom is -0.270 e. The van der Waals surface area contributed by atoms with Gasteiger partial charge >= 0.3 is 0 Å². The largest absolute Gasteiger partial charge is 0.271 e. The Morgan fingerprint density at radius 2 is 1.11 bits per heavy atom. The number of hydrogen-bond donors (Lipinski definition) is 0. The third-order valence-corrected chi connectivity index (χ3v) is 6.16. The summed E-state index contributed by atoms with van der Waals surface area (Å²) in [5.74, 6) is -0.0353. The SMILES string of the molecule is CCCCCCCCCCCCCCCCOS(=O)(=O)Cc1ccccc1.[Na]. The summed E-state index contributed by atoms with van der Waals surface area (Å²) in [6, 6.07) is 9.20. The smallest absolute Gasteiger partial charge is 0.270 e. The second-order valence-electron chi connectivity index (χ2n) is 7.61. The molecule has 0 bridgehead atoms. The molecule has 28 heavy (non-hydrogen) atoms. The zero-order valence-corrected chi connectivity index (χ0v) is 21.1. The van der Waals surface area contributed by atoms with Crippen molar-refractivity contribution in [3.8, 4) is 0 Å². The van der Waals surface area contributed by atoms with E-state index in [1.807, 2.05) is 30.3 Å². The molecule has 1 rings (SSSR count). The quantitative estimate of drug-likeness (QED) is 0.152. The maximum absolute atomic E-state index is 11.9. The Hall–Kier alpha value is 0.130. The minimum absolute atomic E-state index is 0. The van der Waals surface area contributed by atoms with E-state index in [2.05, 4.69) is 6.92 Å². The van der Waals surface area contributed by atoms with E-state index in [4.69, 9.17) is 4.18 Å². The van der Waals surface area contributed by atoms with Crippen LogP contribution in [0.4, 0.5) is 0 Å². The van der Waals surface area contributed by atoms with Crippen LogP contribution in [0, 0.1) is 0 Å². The van der Waals surface area contributed by atoms with Gasteiger partial charge in [-0.3, -0.25) is 4.18 Å². The Kier molecular flexibility index (Phi) is 19.2. The van der Waals surface area contributed by atoms with Gasteiger partial charge < -0.3 is 0 Å². The Morgan fingerprint density at radius 1 is 0.679 bits per heavy atom. The van der Waals surface area contributed by atoms with Crippen molar-refractivity contribution in [2.24, 2.45) is 0 Å². The molecule has 0 spiro atoms. The number of unbranched alkanes of at least 4 members (excludes halogenated alkanes) is 13. The van der Waals surface area contributed by atoms with Crippen molar-refractivity contribution in [3.05, 3.63) is 35.9 Å². The fraction of sp³-hybridized carbons (Fsp3) is 0.739. The van der Waals surface area contributed by atoms with E-state index in [-0.39, 0.29) is 35.3 Å². The van der Waals surface area contributed by atoms with E-state index in [9.17, 15) is 8.42 Å². The van der Waals surface area contributed by atoms with Gasteiger partial charge in [0.15, 0.2) is 0 Å². The fourth-order valence-electron chi connectivity index (χ4n) is 3.30. The van der Waals surface area contributed by atoms with Gasteiger partial charge in [-0.25, -0.2) is 0 Å². The molecule has 0 atom stereocenters. The summed E-state index contributed by atoms with van der Waals surface area (Å²) in [6.07, 6.45) is 18.1. The van der Waals surface area contributed by atoms with E-state index in [0.29, 0.717) is 6.61 Å². The summed E-state index contributed by atoms with van der Waals surface area (Å²) in [4.78, 5) is 0. The van der Waals surface area contributed by atoms with E-state index >= 15 is 0 Å². The Balaban J connectivity index is 0.00000729. The average molecular weight is 420 g/mol. The van der Waals surface area contributed by atoms with E-state index in [1.165, 1.54) is 77.0 Å². The predicted molar refractivity (Wildman–Crippen MR) is 121 cm³/mol. The summed E-state index contributed by atoms with van der Waals surface area (Å²) >= 11 is 0. The molecule has 1 radical (unpaired) electrons. The minimum atomic E-state index is -3.45. The fourth-order valence-corrected chi connectivity index (χ4v) is 4.36. The van der Waals surface area contributed by atoms with E-state index < -0.39 is 10.1 Å². The van der Waals surface area contributed by atoms with Gasteiger partial charge in [-0.15, -0.1) is 0 Å². The first-order valence-electron chi connectivity index (χ1n) is 11.0. The van der Waals surface area contributed by atoms with E-state index in [0.717, 1.165) is 18.4 Å². The van der Waals surface area contributed by atoms with Crippen LogP contribution < -0.4 is 0 Å². The Morgan fingerprint density at radius 3 is 1.57 bits per heavy atom. The molecule has 0 N–H and O–H groups in total. The first-order chi connectivity index (χ1) is 13.1. The number of benzene rings is 1. The molecule has 0 amide bonds. The van der Waals surface area contributed by atoms with Crippen molar-refractivity contribution in [2.45, 2.75) is 103 Å². The van der Waals surface area contributed by atoms with Crippen molar-refractivity contribution < 1.29 is 12.6 Å². The molecule has 157 valence electrons. The van der Waals surface area contributed by atoms with Gasteiger partial charge in [-0.2, -0.15) is 8.42 Å². The van der Waals surface area contributed by atoms with Crippen molar-refractivity contribution in [1.29, 1.82) is 0 Å². The third kappa shape index (κ3) is 17.0. The second-order valence-corrected chi connectivity index (χ2v) is 9.25. The molecule has 0 aliphatic rings. The average Bonchev–Trinajstić information content (AvgIpc) is 2.65. The van der Waals surface area contributed by atoms with Crippen LogP contribution in [0.15, 0.2) is 30.3 Å². The van der Waals surface area contributed by atoms with Gasteiger partial charge in [0.2, 0.25) is 0 Å². The maximum atomic E-state index is 11.9. The maximum Gasteiger partial charge on any atom is 0.271 e. The molecule has 0 heterocycles. The first-order valence-corrected chi connectivity index (χ1v) is 12.6. The standard InChI is InChI=1S/C23H40O3S.Na/c1-2-3-4-5-6-7-8-9-10-11-12-13-14-18-21-26-27(24,25)22-23-19-16-15-17-20-23;/h15-17,19-20H,2-14,18,21-22H2,1H3;. The van der Waals surface area contributed by atoms with Crippen LogP contribution in [-0.2, 0) is 20.1 Å². The molecule has 1 aromatic rings. The summed E-state index contributed by atoms with van der Waals surface area (Å²) in [6.45, 7) is 2.58. The number of rotatable bonds is 18. The Bertz CT molecular complexity index is 546. The molecule has 0 saturated carbocycles. The first kappa shape index (κ1) is 28.1. The molecule has 1 aromatic carbocycles. The van der Waals surface area contributed by atoms with Crippen molar-refractivity contribution in [3.63, 3.8) is 0 Å². The summed E-state index contributed by atoms with van der Waals surface area (Å²) < 4.78 is 28.9. The van der Waals surface area contributed by atoms with Crippen molar-refractivity contribution in [1.82, 2.24) is 0 Å². The molecular weight excluding hydrogens is 379 g/mol. The molecule has 0 aliphatic carbocycles. The molecule has 0 aromatic heterocycles. The topological polar surface area (TPSA) is 43.4 Å². The van der Waals surface area contributed by atoms with Gasteiger partial charge in [0, 0.05) is 29.6 Å². The van der Waals surface area contributed by atoms with Crippen LogP contribution in [-0.4, -0.2) is 44.6 Å². The molecule has 5 heteroatoms. The van der Waals surface area contributed by atoms with Crippen LogP contribution >= 0.6 is 0 Å². The molecule has 3 nitrogen and oxygen atoms in total. The van der Waals surface area contributed by atoms with Gasteiger partial charge in [0.05, 0.1) is 6.61 Å². The van der Waals surface area contributed by atoms with Crippen LogP contribution in [0.3, 0.4) is 0 Å². The van der Waals surface area contributed by atoms with Gasteiger partial charge in [0.1, 0.15) is 5.75 Å². The van der Waals surface area contributed by atoms with Gasteiger partial charge in [-0.1, -0.05) is 121 Å². The molecular formula is C23H40NaO3S.